The van der Waals surface area contributed by atoms with Gasteiger partial charge in [-0.15, -0.1) is 12.4 Å². The van der Waals surface area contributed by atoms with Gasteiger partial charge in [0.2, 0.25) is 5.91 Å². The van der Waals surface area contributed by atoms with Gasteiger partial charge in [0, 0.05) is 12.1 Å². The largest absolute Gasteiger partial charge is 0.497 e. The van der Waals surface area contributed by atoms with Crippen LogP contribution in [-0.4, -0.2) is 25.2 Å². The number of carbonyl (C=O) groups is 1. The van der Waals surface area contributed by atoms with Gasteiger partial charge in [-0.2, -0.15) is 8.78 Å². The van der Waals surface area contributed by atoms with Crippen molar-refractivity contribution < 1.29 is 23.0 Å². The maximum atomic E-state index is 12.5. The van der Waals surface area contributed by atoms with E-state index in [0.717, 1.165) is 19.3 Å². The lowest BCUT2D eigenvalue weighted by Gasteiger charge is -2.31. The zero-order valence-corrected chi connectivity index (χ0v) is 14.3. The summed E-state index contributed by atoms with van der Waals surface area (Å²) in [7, 11) is 1.47. The van der Waals surface area contributed by atoms with E-state index in [-0.39, 0.29) is 30.6 Å². The molecular formula is C16H23ClF2N2O3. The third-order valence-electron chi connectivity index (χ3n) is 4.12. The van der Waals surface area contributed by atoms with Crippen LogP contribution in [0.15, 0.2) is 18.2 Å². The molecule has 2 rings (SSSR count). The van der Waals surface area contributed by atoms with E-state index in [2.05, 4.69) is 10.1 Å². The molecule has 0 bridgehead atoms. The third-order valence-corrected chi connectivity index (χ3v) is 4.12. The van der Waals surface area contributed by atoms with Crippen LogP contribution in [0.25, 0.3) is 0 Å². The first-order valence-electron chi connectivity index (χ1n) is 7.63. The second kappa shape index (κ2) is 9.03. The second-order valence-electron chi connectivity index (χ2n) is 5.75. The molecule has 1 aliphatic rings. The molecule has 136 valence electrons. The van der Waals surface area contributed by atoms with E-state index in [1.807, 2.05) is 0 Å². The van der Waals surface area contributed by atoms with E-state index in [0.29, 0.717) is 24.2 Å². The minimum absolute atomic E-state index is 0. The Morgan fingerprint density at radius 1 is 1.33 bits per heavy atom. The van der Waals surface area contributed by atoms with Crippen LogP contribution in [0.1, 0.15) is 37.7 Å². The number of methoxy groups -OCH3 is 1. The number of hydrogen-bond donors (Lipinski definition) is 2. The van der Waals surface area contributed by atoms with Crippen molar-refractivity contribution in [3.05, 3.63) is 23.8 Å². The van der Waals surface area contributed by atoms with E-state index in [1.165, 1.54) is 19.2 Å². The van der Waals surface area contributed by atoms with E-state index in [4.69, 9.17) is 10.5 Å². The monoisotopic (exact) mass is 364 g/mol. The molecule has 0 saturated heterocycles. The summed E-state index contributed by atoms with van der Waals surface area (Å²) in [6.45, 7) is -2.88. The van der Waals surface area contributed by atoms with Crippen molar-refractivity contribution >= 4 is 18.3 Å². The predicted octanol–water partition coefficient (Wildman–Crippen LogP) is 3.00. The summed E-state index contributed by atoms with van der Waals surface area (Å²) in [6.07, 6.45) is 4.19. The molecule has 3 N–H and O–H groups in total. The summed E-state index contributed by atoms with van der Waals surface area (Å²) in [5, 5.41) is 2.73. The standard InChI is InChI=1S/C16H22F2N2O3.ClH/c1-22-12-5-6-13(23-15(17)18)11(9-12)10-20-14(21)16(19)7-3-2-4-8-16;/h5-6,9,15H,2-4,7-8,10,19H2,1H3,(H,20,21);1H. The number of halogens is 3. The van der Waals surface area contributed by atoms with Gasteiger partial charge in [0.05, 0.1) is 12.6 Å². The average Bonchev–Trinajstić information content (AvgIpc) is 2.53. The summed E-state index contributed by atoms with van der Waals surface area (Å²) in [5.41, 5.74) is 5.69. The molecule has 0 radical (unpaired) electrons. The van der Waals surface area contributed by atoms with Crippen molar-refractivity contribution in [2.45, 2.75) is 50.8 Å². The number of nitrogens with one attached hydrogen (secondary N) is 1. The molecule has 1 fully saturated rings. The molecule has 5 nitrogen and oxygen atoms in total. The normalized spacial score (nSPS) is 16.2. The highest BCUT2D eigenvalue weighted by Crippen LogP contribution is 2.28. The first kappa shape index (κ1) is 20.4. The van der Waals surface area contributed by atoms with Gasteiger partial charge in [-0.1, -0.05) is 19.3 Å². The number of carbonyl (C=O) groups excluding carboxylic acids is 1. The molecule has 8 heteroatoms. The molecule has 0 atom stereocenters. The smallest absolute Gasteiger partial charge is 0.387 e. The third kappa shape index (κ3) is 5.21. The highest BCUT2D eigenvalue weighted by molar-refractivity contribution is 5.86. The first-order valence-corrected chi connectivity index (χ1v) is 7.63. The molecule has 0 spiro atoms. The van der Waals surface area contributed by atoms with Gasteiger partial charge in [0.15, 0.2) is 0 Å². The molecule has 0 aliphatic heterocycles. The highest BCUT2D eigenvalue weighted by Gasteiger charge is 2.35. The lowest BCUT2D eigenvalue weighted by Crippen LogP contribution is -2.54. The summed E-state index contributed by atoms with van der Waals surface area (Å²) in [4.78, 5) is 12.3. The molecule has 1 amide bonds. The van der Waals surface area contributed by atoms with Crippen molar-refractivity contribution in [2.75, 3.05) is 7.11 Å². The van der Waals surface area contributed by atoms with Crippen molar-refractivity contribution in [2.24, 2.45) is 5.73 Å². The molecule has 1 aliphatic carbocycles. The maximum Gasteiger partial charge on any atom is 0.387 e. The lowest BCUT2D eigenvalue weighted by atomic mass is 9.82. The van der Waals surface area contributed by atoms with Crippen molar-refractivity contribution in [1.82, 2.24) is 5.32 Å². The van der Waals surface area contributed by atoms with Gasteiger partial charge in [-0.05, 0) is 31.0 Å². The number of alkyl halides is 2. The van der Waals surface area contributed by atoms with Gasteiger partial charge < -0.3 is 20.5 Å². The van der Waals surface area contributed by atoms with Gasteiger partial charge in [0.25, 0.3) is 0 Å². The fourth-order valence-electron chi connectivity index (χ4n) is 2.79. The zero-order valence-electron chi connectivity index (χ0n) is 13.5. The Kier molecular flexibility index (Phi) is 7.69. The molecule has 1 saturated carbocycles. The minimum atomic E-state index is -2.93. The molecule has 0 aromatic heterocycles. The van der Waals surface area contributed by atoms with Crippen LogP contribution in [0.3, 0.4) is 0 Å². The first-order chi connectivity index (χ1) is 10.9. The maximum absolute atomic E-state index is 12.5. The number of nitrogens with two attached hydrogens (primary N) is 1. The van der Waals surface area contributed by atoms with E-state index in [1.54, 1.807) is 6.07 Å². The van der Waals surface area contributed by atoms with Crippen molar-refractivity contribution in [3.63, 3.8) is 0 Å². The number of hydrogen-bond acceptors (Lipinski definition) is 4. The SMILES string of the molecule is COc1ccc(OC(F)F)c(CNC(=O)C2(N)CCCCC2)c1.Cl. The number of rotatable bonds is 6. The number of ether oxygens (including phenoxy) is 2. The van der Waals surface area contributed by atoms with Gasteiger partial charge in [-0.3, -0.25) is 4.79 Å². The molecule has 24 heavy (non-hydrogen) atoms. The van der Waals surface area contributed by atoms with Crippen LogP contribution >= 0.6 is 12.4 Å². The quantitative estimate of drug-likeness (QED) is 0.813. The fourth-order valence-corrected chi connectivity index (χ4v) is 2.79. The summed E-state index contributed by atoms with van der Waals surface area (Å²) >= 11 is 0. The average molecular weight is 365 g/mol. The fraction of sp³-hybridized carbons (Fsp3) is 0.562. The van der Waals surface area contributed by atoms with E-state index in [9.17, 15) is 13.6 Å². The predicted molar refractivity (Wildman–Crippen MR) is 88.7 cm³/mol. The Balaban J connectivity index is 0.00000288. The van der Waals surface area contributed by atoms with E-state index >= 15 is 0 Å². The van der Waals surface area contributed by atoms with Gasteiger partial charge >= 0.3 is 6.61 Å². The van der Waals surface area contributed by atoms with E-state index < -0.39 is 12.2 Å². The van der Waals surface area contributed by atoms with Crippen LogP contribution in [0, 0.1) is 0 Å². The summed E-state index contributed by atoms with van der Waals surface area (Å²) < 4.78 is 34.5. The van der Waals surface area contributed by atoms with Gasteiger partial charge in [-0.25, -0.2) is 0 Å². The summed E-state index contributed by atoms with van der Waals surface area (Å²) in [6, 6.07) is 4.47. The van der Waals surface area contributed by atoms with Crippen LogP contribution in [0.2, 0.25) is 0 Å². The van der Waals surface area contributed by atoms with Crippen LogP contribution < -0.4 is 20.5 Å². The van der Waals surface area contributed by atoms with Crippen LogP contribution in [0.5, 0.6) is 11.5 Å². The molecular weight excluding hydrogens is 342 g/mol. The lowest BCUT2D eigenvalue weighted by molar-refractivity contribution is -0.127. The number of benzene rings is 1. The Morgan fingerprint density at radius 2 is 2.00 bits per heavy atom. The molecule has 0 heterocycles. The Labute approximate surface area is 146 Å². The van der Waals surface area contributed by atoms with Crippen molar-refractivity contribution in [3.8, 4) is 11.5 Å². The minimum Gasteiger partial charge on any atom is -0.497 e. The number of amides is 1. The van der Waals surface area contributed by atoms with Crippen LogP contribution in [0.4, 0.5) is 8.78 Å². The topological polar surface area (TPSA) is 73.6 Å². The van der Waals surface area contributed by atoms with Gasteiger partial charge in [0.1, 0.15) is 11.5 Å². The second-order valence-corrected chi connectivity index (χ2v) is 5.75. The van der Waals surface area contributed by atoms with Crippen molar-refractivity contribution in [1.29, 1.82) is 0 Å². The Hall–Kier alpha value is -1.60. The Morgan fingerprint density at radius 3 is 2.58 bits per heavy atom. The molecule has 0 unspecified atom stereocenters. The summed E-state index contributed by atoms with van der Waals surface area (Å²) in [5.74, 6) is 0.245. The van der Waals surface area contributed by atoms with Crippen LogP contribution in [-0.2, 0) is 11.3 Å². The molecule has 1 aromatic carbocycles. The highest BCUT2D eigenvalue weighted by atomic mass is 35.5. The molecule has 1 aromatic rings. The Bertz CT molecular complexity index is 552. The zero-order chi connectivity index (χ0) is 16.9.